The van der Waals surface area contributed by atoms with Gasteiger partial charge in [0.15, 0.2) is 0 Å². The maximum absolute atomic E-state index is 12.7. The standard InChI is InChI=1S/C34H38N4O6.Ti/c1-7-19-15(3)23-12-25-17(5)21(9-10-29(39)40)32(37-25)22(11-30(41)42)33-31(34(43)44)18(6)26(38-33)14-28-20(8-2)16(4)24(36-28)13-27(19)35-23;/h7,12-14,16-17,21,33,35,38H,1,8-11H2,2-6H3,(H,39,40)(H,41,42)(H,43,44);/q;+2/b23-12-,26-14-,27-13-,32-22-;/t16?,17?,21-,33?;/m0./s1. The van der Waals surface area contributed by atoms with E-state index in [-0.39, 0.29) is 52.0 Å². The third kappa shape index (κ3) is 6.13. The van der Waals surface area contributed by atoms with E-state index in [2.05, 4.69) is 30.7 Å². The van der Waals surface area contributed by atoms with Gasteiger partial charge in [-0.15, -0.1) is 0 Å². The molecule has 5 rings (SSSR count). The molecule has 0 aliphatic carbocycles. The fraction of sp³-hybridized carbons (Fsp3) is 0.382. The zero-order valence-corrected chi connectivity index (χ0v) is 27.7. The molecule has 5 N–H and O–H groups in total. The minimum Gasteiger partial charge on any atom is -0.481 e. The van der Waals surface area contributed by atoms with Crippen molar-refractivity contribution in [1.29, 1.82) is 0 Å². The van der Waals surface area contributed by atoms with E-state index in [4.69, 9.17) is 9.98 Å². The molecule has 0 radical (unpaired) electrons. The second-order valence-electron chi connectivity index (χ2n) is 11.8. The van der Waals surface area contributed by atoms with Crippen LogP contribution >= 0.6 is 0 Å². The number of aromatic nitrogens is 1. The number of carboxylic acids is 3. The maximum atomic E-state index is 12.7. The third-order valence-corrected chi connectivity index (χ3v) is 9.35. The van der Waals surface area contributed by atoms with Crippen molar-refractivity contribution in [3.8, 4) is 0 Å². The summed E-state index contributed by atoms with van der Waals surface area (Å²) < 4.78 is 0. The van der Waals surface area contributed by atoms with E-state index in [0.29, 0.717) is 28.3 Å². The van der Waals surface area contributed by atoms with Crippen molar-refractivity contribution in [3.63, 3.8) is 0 Å². The van der Waals surface area contributed by atoms with Crippen LogP contribution in [-0.4, -0.2) is 55.7 Å². The number of H-pyrrole nitrogens is 1. The minimum atomic E-state index is -1.16. The maximum Gasteiger partial charge on any atom is 2.00 e. The van der Waals surface area contributed by atoms with E-state index in [1.165, 1.54) is 0 Å². The van der Waals surface area contributed by atoms with Gasteiger partial charge in [0.25, 0.3) is 0 Å². The number of hydrogen-bond acceptors (Lipinski definition) is 6. The molecule has 4 aliphatic heterocycles. The molecule has 1 aromatic rings. The second-order valence-corrected chi connectivity index (χ2v) is 11.8. The monoisotopic (exact) mass is 646 g/mol. The molecule has 0 spiro atoms. The number of hydrogen-bond donors (Lipinski definition) is 5. The Bertz CT molecular complexity index is 1820. The summed E-state index contributed by atoms with van der Waals surface area (Å²) in [7, 11) is 0. The van der Waals surface area contributed by atoms with Crippen molar-refractivity contribution in [3.05, 3.63) is 73.9 Å². The molecule has 3 unspecified atom stereocenters. The fourth-order valence-electron chi connectivity index (χ4n) is 6.89. The smallest absolute Gasteiger partial charge is 0.481 e. The van der Waals surface area contributed by atoms with Crippen LogP contribution in [0, 0.1) is 24.7 Å². The predicted octanol–water partition coefficient (Wildman–Crippen LogP) is 3.85. The molecule has 0 aromatic carbocycles. The topological polar surface area (TPSA) is 164 Å². The summed E-state index contributed by atoms with van der Waals surface area (Å²) >= 11 is 0. The Morgan fingerprint density at radius 2 is 1.67 bits per heavy atom. The summed E-state index contributed by atoms with van der Waals surface area (Å²) in [6.07, 6.45) is 7.97. The van der Waals surface area contributed by atoms with Crippen LogP contribution in [0.15, 0.2) is 62.0 Å². The zero-order valence-electron chi connectivity index (χ0n) is 26.1. The van der Waals surface area contributed by atoms with Crippen LogP contribution in [0.25, 0.3) is 18.2 Å². The average molecular weight is 647 g/mol. The van der Waals surface area contributed by atoms with Crippen LogP contribution in [-0.2, 0) is 36.1 Å². The Balaban J connectivity index is 0.00000461. The normalized spacial score (nSPS) is 28.1. The summed E-state index contributed by atoms with van der Waals surface area (Å²) in [6, 6.07) is -0.967. The van der Waals surface area contributed by atoms with Crippen molar-refractivity contribution in [2.24, 2.45) is 27.7 Å². The quantitative estimate of drug-likeness (QED) is 0.268. The molecule has 8 bridgehead atoms. The van der Waals surface area contributed by atoms with Crippen LogP contribution in [0.4, 0.5) is 0 Å². The predicted molar refractivity (Wildman–Crippen MR) is 169 cm³/mol. The van der Waals surface area contributed by atoms with E-state index in [0.717, 1.165) is 45.2 Å². The van der Waals surface area contributed by atoms with Gasteiger partial charge in [-0.1, -0.05) is 33.4 Å². The van der Waals surface area contributed by atoms with Crippen LogP contribution in [0.3, 0.4) is 0 Å². The molecule has 0 fully saturated rings. The van der Waals surface area contributed by atoms with Crippen molar-refractivity contribution >= 4 is 47.6 Å². The summed E-state index contributed by atoms with van der Waals surface area (Å²) in [5.74, 6) is -3.92. The molecule has 5 heterocycles. The summed E-state index contributed by atoms with van der Waals surface area (Å²) in [6.45, 7) is 13.8. The van der Waals surface area contributed by atoms with E-state index in [1.54, 1.807) is 13.0 Å². The SMILES string of the molecule is C=Cc1c(C)/c2[nH]/c1=C\C1=NC(=C(CC)C1C)/C=C1\NC(C(C(=O)O)=C1C)/C(CC(=O)O)=C1N=C(\C=2)C(C)[C@@H]\1CCC(=O)O.[Ti+2]. The van der Waals surface area contributed by atoms with Gasteiger partial charge in [0, 0.05) is 57.5 Å². The summed E-state index contributed by atoms with van der Waals surface area (Å²) in [5, 5.41) is 34.9. The van der Waals surface area contributed by atoms with Crippen LogP contribution in [0.2, 0.25) is 0 Å². The molecule has 232 valence electrons. The number of fused-ring (bicyclic) bond motifs is 6. The van der Waals surface area contributed by atoms with Gasteiger partial charge in [0.05, 0.1) is 29.4 Å². The Kier molecular flexibility index (Phi) is 9.90. The van der Waals surface area contributed by atoms with Gasteiger partial charge < -0.3 is 25.6 Å². The first-order chi connectivity index (χ1) is 20.9. The molecular formula is C34H38N4O6Ti+2. The number of aliphatic carboxylic acids is 3. The first-order valence-corrected chi connectivity index (χ1v) is 14.9. The number of carbonyl (C=O) groups is 3. The Hall–Kier alpha value is -4.02. The number of aromatic amines is 1. The van der Waals surface area contributed by atoms with Gasteiger partial charge in [-0.25, -0.2) is 4.79 Å². The molecule has 1 aromatic heterocycles. The Morgan fingerprint density at radius 3 is 2.27 bits per heavy atom. The van der Waals surface area contributed by atoms with Crippen LogP contribution in [0.5, 0.6) is 0 Å². The molecule has 4 aliphatic rings. The van der Waals surface area contributed by atoms with Gasteiger partial charge in [-0.2, -0.15) is 0 Å². The molecule has 0 amide bonds. The van der Waals surface area contributed by atoms with E-state index in [9.17, 15) is 29.7 Å². The van der Waals surface area contributed by atoms with E-state index in [1.807, 2.05) is 32.1 Å². The van der Waals surface area contributed by atoms with Gasteiger partial charge in [-0.05, 0) is 67.2 Å². The molecule has 45 heavy (non-hydrogen) atoms. The van der Waals surface area contributed by atoms with Gasteiger partial charge >= 0.3 is 39.6 Å². The number of allylic oxidation sites excluding steroid dienone is 4. The minimum absolute atomic E-state index is 0. The van der Waals surface area contributed by atoms with Crippen molar-refractivity contribution in [1.82, 2.24) is 10.3 Å². The van der Waals surface area contributed by atoms with E-state index >= 15 is 0 Å². The van der Waals surface area contributed by atoms with Gasteiger partial charge in [0.1, 0.15) is 0 Å². The fourth-order valence-corrected chi connectivity index (χ4v) is 6.89. The summed E-state index contributed by atoms with van der Waals surface area (Å²) in [4.78, 5) is 50.1. The molecule has 11 heteroatoms. The molecule has 4 atom stereocenters. The first-order valence-electron chi connectivity index (χ1n) is 14.9. The van der Waals surface area contributed by atoms with E-state index < -0.39 is 36.3 Å². The zero-order chi connectivity index (χ0) is 32.0. The number of carboxylic acid groups (broad SMARTS) is 3. The second kappa shape index (κ2) is 13.1. The van der Waals surface area contributed by atoms with Gasteiger partial charge in [0.2, 0.25) is 0 Å². The largest absolute Gasteiger partial charge is 2.00 e. The van der Waals surface area contributed by atoms with Gasteiger partial charge in [-0.3, -0.25) is 19.6 Å². The number of aliphatic imine (C=N–C) groups is 2. The Morgan fingerprint density at radius 1 is 0.978 bits per heavy atom. The first kappa shape index (κ1) is 33.9. The van der Waals surface area contributed by atoms with Crippen molar-refractivity contribution in [2.75, 3.05) is 0 Å². The average Bonchev–Trinajstić information content (AvgIpc) is 3.63. The third-order valence-electron chi connectivity index (χ3n) is 9.35. The van der Waals surface area contributed by atoms with Crippen LogP contribution < -0.4 is 16.0 Å². The molecule has 0 saturated carbocycles. The Labute approximate surface area is 276 Å². The molecule has 0 saturated heterocycles. The van der Waals surface area contributed by atoms with Crippen LogP contribution in [0.1, 0.15) is 64.5 Å². The van der Waals surface area contributed by atoms with Crippen molar-refractivity contribution < 1.29 is 51.4 Å². The number of nitrogens with zero attached hydrogens (tertiary/aromatic N) is 2. The summed E-state index contributed by atoms with van der Waals surface area (Å²) in [5.41, 5.74) is 7.07. The molecule has 10 nitrogen and oxygen atoms in total. The number of rotatable bonds is 8. The number of nitrogens with one attached hydrogen (secondary N) is 2. The molecular weight excluding hydrogens is 608 g/mol. The van der Waals surface area contributed by atoms with Crippen molar-refractivity contribution in [2.45, 2.75) is 66.3 Å².